The van der Waals surface area contributed by atoms with Crippen LogP contribution in [0, 0.1) is 0 Å². The molecule has 8 heteroatoms. The maximum Gasteiger partial charge on any atom is 0.320 e. The number of hydrogen-bond acceptors (Lipinski definition) is 4. The quantitative estimate of drug-likeness (QED) is 0.582. The number of urea groups is 1. The molecule has 0 aliphatic carbocycles. The molecule has 0 aliphatic heterocycles. The van der Waals surface area contributed by atoms with Gasteiger partial charge < -0.3 is 10.6 Å². The van der Waals surface area contributed by atoms with Crippen LogP contribution >= 0.6 is 11.6 Å². The minimum absolute atomic E-state index is 0.158. The predicted molar refractivity (Wildman–Crippen MR) is 95.5 cm³/mol. The highest BCUT2D eigenvalue weighted by atomic mass is 35.5. The van der Waals surface area contributed by atoms with Crippen LogP contribution in [0.25, 0.3) is 10.9 Å². The number of nitrogens with zero attached hydrogens (tertiary/aromatic N) is 2. The van der Waals surface area contributed by atoms with Crippen LogP contribution in [-0.2, 0) is 0 Å². The lowest BCUT2D eigenvalue weighted by molar-refractivity contribution is 0.249. The van der Waals surface area contributed by atoms with Crippen molar-refractivity contribution < 1.29 is 4.79 Å². The third-order valence-electron chi connectivity index (χ3n) is 3.64. The molecule has 1 aromatic carbocycles. The zero-order valence-electron chi connectivity index (χ0n) is 13.2. The Kier molecular flexibility index (Phi) is 4.52. The van der Waals surface area contributed by atoms with E-state index in [1.807, 2.05) is 19.1 Å². The summed E-state index contributed by atoms with van der Waals surface area (Å²) in [6.07, 6.45) is 1.66. The fourth-order valence-electron chi connectivity index (χ4n) is 2.36. The summed E-state index contributed by atoms with van der Waals surface area (Å²) < 4.78 is 0. The van der Waals surface area contributed by atoms with Crippen LogP contribution in [0.5, 0.6) is 0 Å². The first-order valence-electron chi connectivity index (χ1n) is 7.41. The van der Waals surface area contributed by atoms with E-state index in [0.717, 1.165) is 16.5 Å². The summed E-state index contributed by atoms with van der Waals surface area (Å²) in [6.45, 7) is 1.90. The number of rotatable bonds is 4. The van der Waals surface area contributed by atoms with Crippen LogP contribution in [0.15, 0.2) is 36.5 Å². The molecule has 24 heavy (non-hydrogen) atoms. The molecule has 3 aromatic rings. The lowest BCUT2D eigenvalue weighted by Crippen LogP contribution is -2.31. The summed E-state index contributed by atoms with van der Waals surface area (Å²) in [7, 11) is 1.79. The largest absolute Gasteiger partial charge is 0.371 e. The molecule has 0 fully saturated rings. The Morgan fingerprint density at radius 2 is 2.04 bits per heavy atom. The molecule has 0 aliphatic rings. The minimum Gasteiger partial charge on any atom is -0.371 e. The number of H-pyrrole nitrogens is 1. The van der Waals surface area contributed by atoms with Gasteiger partial charge in [-0.2, -0.15) is 5.10 Å². The maximum atomic E-state index is 12.1. The fraction of sp³-hybridized carbons (Fsp3) is 0.188. The SMILES string of the molecule is CNc1n[nH]c2cc(NC(=O)NC(C)c3ccc(Cl)cc3)ncc12. The zero-order valence-corrected chi connectivity index (χ0v) is 14.0. The van der Waals surface area contributed by atoms with Crippen molar-refractivity contribution in [3.8, 4) is 0 Å². The van der Waals surface area contributed by atoms with Crippen molar-refractivity contribution in [3.63, 3.8) is 0 Å². The number of pyridine rings is 1. The van der Waals surface area contributed by atoms with E-state index in [4.69, 9.17) is 11.6 Å². The van der Waals surface area contributed by atoms with Gasteiger partial charge in [-0.05, 0) is 24.6 Å². The second-order valence-corrected chi connectivity index (χ2v) is 5.75. The van der Waals surface area contributed by atoms with E-state index in [1.165, 1.54) is 0 Å². The van der Waals surface area contributed by atoms with E-state index in [1.54, 1.807) is 31.4 Å². The van der Waals surface area contributed by atoms with Gasteiger partial charge in [0.05, 0.1) is 16.9 Å². The summed E-state index contributed by atoms with van der Waals surface area (Å²) in [6, 6.07) is 8.57. The molecule has 1 atom stereocenters. The van der Waals surface area contributed by atoms with Gasteiger partial charge in [0, 0.05) is 24.3 Å². The number of carbonyl (C=O) groups excluding carboxylic acids is 1. The van der Waals surface area contributed by atoms with Crippen LogP contribution in [0.4, 0.5) is 16.4 Å². The average molecular weight is 345 g/mol. The van der Waals surface area contributed by atoms with E-state index < -0.39 is 0 Å². The van der Waals surface area contributed by atoms with E-state index in [0.29, 0.717) is 16.7 Å². The Morgan fingerprint density at radius 1 is 1.29 bits per heavy atom. The first kappa shape index (κ1) is 16.1. The number of hydrogen-bond donors (Lipinski definition) is 4. The topological polar surface area (TPSA) is 94.7 Å². The molecule has 1 unspecified atom stereocenters. The third-order valence-corrected chi connectivity index (χ3v) is 3.90. The molecule has 7 nitrogen and oxygen atoms in total. The first-order chi connectivity index (χ1) is 11.6. The Bertz CT molecular complexity index is 861. The van der Waals surface area contributed by atoms with Crippen LogP contribution in [0.2, 0.25) is 5.02 Å². The summed E-state index contributed by atoms with van der Waals surface area (Å²) >= 11 is 5.87. The first-order valence-corrected chi connectivity index (χ1v) is 7.79. The van der Waals surface area contributed by atoms with Gasteiger partial charge in [0.25, 0.3) is 0 Å². The van der Waals surface area contributed by atoms with Gasteiger partial charge in [-0.3, -0.25) is 10.4 Å². The molecule has 2 amide bonds. The smallest absolute Gasteiger partial charge is 0.320 e. The van der Waals surface area contributed by atoms with E-state index in [9.17, 15) is 4.79 Å². The molecule has 0 radical (unpaired) electrons. The number of amides is 2. The van der Waals surface area contributed by atoms with Crippen LogP contribution < -0.4 is 16.0 Å². The number of nitrogens with one attached hydrogen (secondary N) is 4. The fourth-order valence-corrected chi connectivity index (χ4v) is 2.48. The van der Waals surface area contributed by atoms with Crippen LogP contribution in [0.3, 0.4) is 0 Å². The lowest BCUT2D eigenvalue weighted by atomic mass is 10.1. The van der Waals surface area contributed by atoms with Crippen molar-refractivity contribution in [1.82, 2.24) is 20.5 Å². The number of fused-ring (bicyclic) bond motifs is 1. The highest BCUT2D eigenvalue weighted by Crippen LogP contribution is 2.21. The molecule has 2 heterocycles. The highest BCUT2D eigenvalue weighted by molar-refractivity contribution is 6.30. The minimum atomic E-state index is -0.336. The summed E-state index contributed by atoms with van der Waals surface area (Å²) in [5.41, 5.74) is 1.75. The number of aromatic nitrogens is 3. The molecular weight excluding hydrogens is 328 g/mol. The Morgan fingerprint density at radius 3 is 2.75 bits per heavy atom. The van der Waals surface area contributed by atoms with Gasteiger partial charge >= 0.3 is 6.03 Å². The lowest BCUT2D eigenvalue weighted by Gasteiger charge is -2.15. The third kappa shape index (κ3) is 3.41. The van der Waals surface area contributed by atoms with Crippen molar-refractivity contribution in [3.05, 3.63) is 47.1 Å². The molecular formula is C16H17ClN6O. The number of benzene rings is 1. The van der Waals surface area contributed by atoms with E-state index in [2.05, 4.69) is 31.1 Å². The Hall–Kier alpha value is -2.80. The summed E-state index contributed by atoms with van der Waals surface area (Å²) in [5.74, 6) is 1.15. The van der Waals surface area contributed by atoms with E-state index >= 15 is 0 Å². The summed E-state index contributed by atoms with van der Waals surface area (Å²) in [4.78, 5) is 16.4. The van der Waals surface area contributed by atoms with Crippen LogP contribution in [-0.4, -0.2) is 28.3 Å². The molecule has 0 saturated carbocycles. The van der Waals surface area contributed by atoms with Crippen molar-refractivity contribution in [2.75, 3.05) is 17.7 Å². The normalized spacial score (nSPS) is 12.0. The maximum absolute atomic E-state index is 12.1. The standard InChI is InChI=1S/C16H17ClN6O/c1-9(10-3-5-11(17)6-4-10)20-16(24)21-14-7-13-12(8-19-14)15(18-2)23-22-13/h3-9H,1-2H3,(H2,18,22,23)(H2,19,20,21,24). The van der Waals surface area contributed by atoms with Crippen LogP contribution in [0.1, 0.15) is 18.5 Å². The predicted octanol–water partition coefficient (Wildman–Crippen LogP) is 3.54. The molecule has 124 valence electrons. The molecule has 3 rings (SSSR count). The van der Waals surface area contributed by atoms with Crippen molar-refractivity contribution in [1.29, 1.82) is 0 Å². The zero-order chi connectivity index (χ0) is 17.1. The Labute approximate surface area is 143 Å². The molecule has 0 spiro atoms. The van der Waals surface area contributed by atoms with Gasteiger partial charge in [-0.15, -0.1) is 0 Å². The highest BCUT2D eigenvalue weighted by Gasteiger charge is 2.11. The molecule has 2 aromatic heterocycles. The van der Waals surface area contributed by atoms with Gasteiger partial charge in [0.15, 0.2) is 5.82 Å². The number of anilines is 2. The van der Waals surface area contributed by atoms with Crippen molar-refractivity contribution >= 4 is 40.2 Å². The van der Waals surface area contributed by atoms with Gasteiger partial charge in [-0.25, -0.2) is 9.78 Å². The molecule has 0 bridgehead atoms. The molecule has 4 N–H and O–H groups in total. The van der Waals surface area contributed by atoms with Crippen molar-refractivity contribution in [2.45, 2.75) is 13.0 Å². The number of halogens is 1. The second-order valence-electron chi connectivity index (χ2n) is 5.31. The number of aromatic amines is 1. The Balaban J connectivity index is 1.67. The van der Waals surface area contributed by atoms with Gasteiger partial charge in [-0.1, -0.05) is 23.7 Å². The summed E-state index contributed by atoms with van der Waals surface area (Å²) in [5, 5.41) is 17.1. The number of carbonyl (C=O) groups is 1. The van der Waals surface area contributed by atoms with Gasteiger partial charge in [0.1, 0.15) is 5.82 Å². The molecule has 0 saturated heterocycles. The second kappa shape index (κ2) is 6.76. The van der Waals surface area contributed by atoms with Crippen molar-refractivity contribution in [2.24, 2.45) is 0 Å². The van der Waals surface area contributed by atoms with Gasteiger partial charge in [0.2, 0.25) is 0 Å². The average Bonchev–Trinajstić information content (AvgIpc) is 2.97. The monoisotopic (exact) mass is 344 g/mol. The van der Waals surface area contributed by atoms with E-state index in [-0.39, 0.29) is 12.1 Å².